The number of aromatic carboxylic acids is 2. The van der Waals surface area contributed by atoms with Crippen molar-refractivity contribution in [2.75, 3.05) is 0 Å². The van der Waals surface area contributed by atoms with E-state index >= 15 is 0 Å². The number of nitrogens with zero attached hydrogens (tertiary/aromatic N) is 2. The molecular weight excluding hydrogens is 519 g/mol. The molecule has 3 N–H and O–H groups in total. The van der Waals surface area contributed by atoms with Crippen LogP contribution < -0.4 is 0 Å². The molecule has 2 heterocycles. The summed E-state index contributed by atoms with van der Waals surface area (Å²) in [6, 6.07) is 31.1. The maximum absolute atomic E-state index is 10.9. The minimum atomic E-state index is -0.936. The lowest BCUT2D eigenvalue weighted by Crippen LogP contribution is -1.99. The summed E-state index contributed by atoms with van der Waals surface area (Å²) in [5.74, 6) is -1.52. The second kappa shape index (κ2) is 13.3. The molecule has 0 aliphatic rings. The number of aromatic nitrogens is 2. The molecule has 0 saturated heterocycles. The summed E-state index contributed by atoms with van der Waals surface area (Å²) >= 11 is 0. The van der Waals surface area contributed by atoms with E-state index in [2.05, 4.69) is 9.97 Å². The van der Waals surface area contributed by atoms with Crippen LogP contribution in [0.25, 0.3) is 32.6 Å². The summed E-state index contributed by atoms with van der Waals surface area (Å²) < 4.78 is 0. The number of hydrogen-bond acceptors (Lipinski definition) is 5. The van der Waals surface area contributed by atoms with E-state index in [0.29, 0.717) is 16.8 Å². The van der Waals surface area contributed by atoms with Gasteiger partial charge in [0, 0.05) is 44.9 Å². The monoisotopic (exact) mass is 545 g/mol. The van der Waals surface area contributed by atoms with E-state index in [4.69, 9.17) is 10.2 Å². The van der Waals surface area contributed by atoms with Crippen LogP contribution in [-0.4, -0.2) is 54.6 Å². The fraction of sp³-hybridized carbons (Fsp3) is 0.0625. The van der Waals surface area contributed by atoms with Crippen molar-refractivity contribution in [2.24, 2.45) is 0 Å². The fourth-order valence-corrected chi connectivity index (χ4v) is 4.04. The Morgan fingerprint density at radius 1 is 0.550 bits per heavy atom. The lowest BCUT2D eigenvalue weighted by Gasteiger charge is -2.01. The molecule has 0 spiro atoms. The SMILES string of the molecule is Cc1ccc2cccc(C(=O)O)c2n1.Cc1ccc2cccc(C(=O)O)c2n1.Oc1cccc2ccccc12.[Al]. The molecule has 6 aromatic rings. The molecule has 197 valence electrons. The summed E-state index contributed by atoms with van der Waals surface area (Å²) in [6.07, 6.45) is 0. The van der Waals surface area contributed by atoms with E-state index in [1.54, 1.807) is 30.3 Å². The number of fused-ring (bicyclic) bond motifs is 3. The van der Waals surface area contributed by atoms with Crippen molar-refractivity contribution in [1.29, 1.82) is 0 Å². The van der Waals surface area contributed by atoms with Gasteiger partial charge >= 0.3 is 11.9 Å². The van der Waals surface area contributed by atoms with Crippen LogP contribution in [0.1, 0.15) is 32.1 Å². The smallest absolute Gasteiger partial charge is 0.337 e. The number of carbonyl (C=O) groups is 2. The maximum Gasteiger partial charge on any atom is 0.337 e. The van der Waals surface area contributed by atoms with Crippen LogP contribution in [0, 0.1) is 13.8 Å². The number of aryl methyl sites for hydroxylation is 2. The average molecular weight is 546 g/mol. The van der Waals surface area contributed by atoms with Crippen molar-refractivity contribution in [1.82, 2.24) is 9.97 Å². The molecule has 0 aliphatic heterocycles. The molecule has 0 unspecified atom stereocenters. The third-order valence-electron chi connectivity index (χ3n) is 5.95. The Morgan fingerprint density at radius 2 is 0.975 bits per heavy atom. The van der Waals surface area contributed by atoms with E-state index in [9.17, 15) is 14.7 Å². The highest BCUT2D eigenvalue weighted by Gasteiger charge is 2.09. The molecule has 4 aromatic carbocycles. The van der Waals surface area contributed by atoms with Gasteiger partial charge in [0.05, 0.1) is 22.2 Å². The number of aromatic hydroxyl groups is 1. The molecule has 0 saturated carbocycles. The van der Waals surface area contributed by atoms with Crippen molar-refractivity contribution in [3.63, 3.8) is 0 Å². The second-order valence-electron chi connectivity index (χ2n) is 8.77. The van der Waals surface area contributed by atoms with Gasteiger partial charge in [-0.1, -0.05) is 72.8 Å². The van der Waals surface area contributed by atoms with Crippen LogP contribution in [-0.2, 0) is 0 Å². The van der Waals surface area contributed by atoms with E-state index in [0.717, 1.165) is 32.9 Å². The van der Waals surface area contributed by atoms with Gasteiger partial charge < -0.3 is 15.3 Å². The Labute approximate surface area is 241 Å². The number of carboxylic acid groups (broad SMARTS) is 2. The highest BCUT2D eigenvalue weighted by atomic mass is 27.0. The largest absolute Gasteiger partial charge is 0.507 e. The maximum atomic E-state index is 10.9. The molecule has 0 atom stereocenters. The van der Waals surface area contributed by atoms with Gasteiger partial charge in [0.2, 0.25) is 0 Å². The number of pyridine rings is 2. The number of phenolic OH excluding ortho intramolecular Hbond substituents is 1. The number of rotatable bonds is 2. The topological polar surface area (TPSA) is 121 Å². The molecule has 6 rings (SSSR count). The number of benzene rings is 4. The summed E-state index contributed by atoms with van der Waals surface area (Å²) in [5.41, 5.74) is 3.27. The first-order valence-electron chi connectivity index (χ1n) is 12.1. The molecule has 0 fully saturated rings. The van der Waals surface area contributed by atoms with Crippen LogP contribution in [0.5, 0.6) is 5.75 Å². The predicted octanol–water partition coefficient (Wildman–Crippen LogP) is 6.65. The van der Waals surface area contributed by atoms with Crippen LogP contribution in [0.15, 0.2) is 103 Å². The summed E-state index contributed by atoms with van der Waals surface area (Å²) in [5, 5.41) is 30.9. The lowest BCUT2D eigenvalue weighted by molar-refractivity contribution is 0.0688. The van der Waals surface area contributed by atoms with Crippen molar-refractivity contribution < 1.29 is 24.9 Å². The second-order valence-corrected chi connectivity index (χ2v) is 8.77. The van der Waals surface area contributed by atoms with Gasteiger partial charge in [0.1, 0.15) is 5.75 Å². The van der Waals surface area contributed by atoms with Crippen molar-refractivity contribution in [3.8, 4) is 5.75 Å². The van der Waals surface area contributed by atoms with Gasteiger partial charge in [-0.3, -0.25) is 9.97 Å². The summed E-state index contributed by atoms with van der Waals surface area (Å²) in [6.45, 7) is 3.69. The quantitative estimate of drug-likeness (QED) is 0.208. The van der Waals surface area contributed by atoms with Crippen molar-refractivity contribution in [3.05, 3.63) is 126 Å². The van der Waals surface area contributed by atoms with Crippen LogP contribution in [0.3, 0.4) is 0 Å². The normalized spacial score (nSPS) is 10.1. The molecule has 0 bridgehead atoms. The van der Waals surface area contributed by atoms with Crippen LogP contribution in [0.4, 0.5) is 0 Å². The standard InChI is InChI=1S/2C11H9NO2.C10H8O.Al/c2*1-7-5-6-8-3-2-4-9(11(13)14)10(8)12-7;11-10-7-3-5-8-4-1-2-6-9(8)10;/h2*2-6H,1H3,(H,13,14);1-7,11H;. The summed E-state index contributed by atoms with van der Waals surface area (Å²) in [7, 11) is 0. The Morgan fingerprint density at radius 3 is 1.45 bits per heavy atom. The van der Waals surface area contributed by atoms with Gasteiger partial charge in [-0.2, -0.15) is 0 Å². The number of hydrogen-bond donors (Lipinski definition) is 3. The lowest BCUT2D eigenvalue weighted by atomic mass is 10.1. The van der Waals surface area contributed by atoms with E-state index in [1.165, 1.54) is 0 Å². The molecule has 40 heavy (non-hydrogen) atoms. The Hall–Kier alpha value is -4.77. The first-order chi connectivity index (χ1) is 18.7. The van der Waals surface area contributed by atoms with E-state index < -0.39 is 11.9 Å². The van der Waals surface area contributed by atoms with E-state index in [-0.39, 0.29) is 28.5 Å². The fourth-order valence-electron chi connectivity index (χ4n) is 4.04. The van der Waals surface area contributed by atoms with Gasteiger partial charge in [0.25, 0.3) is 0 Å². The number of phenols is 1. The first-order valence-corrected chi connectivity index (χ1v) is 12.1. The molecule has 8 heteroatoms. The Bertz CT molecular complexity index is 1720. The van der Waals surface area contributed by atoms with Crippen LogP contribution >= 0.6 is 0 Å². The Balaban J connectivity index is 0.000000165. The molecule has 0 amide bonds. The molecule has 2 aromatic heterocycles. The number of para-hydroxylation sites is 2. The highest BCUT2D eigenvalue weighted by Crippen LogP contribution is 2.23. The minimum absolute atomic E-state index is 0. The van der Waals surface area contributed by atoms with Gasteiger partial charge in [-0.25, -0.2) is 9.59 Å². The van der Waals surface area contributed by atoms with Gasteiger partial charge in [-0.15, -0.1) is 0 Å². The first kappa shape index (κ1) is 29.8. The summed E-state index contributed by atoms with van der Waals surface area (Å²) in [4.78, 5) is 30.2. The zero-order valence-corrected chi connectivity index (χ0v) is 23.1. The predicted molar refractivity (Wildman–Crippen MR) is 158 cm³/mol. The zero-order valence-electron chi connectivity index (χ0n) is 21.9. The molecule has 0 aliphatic carbocycles. The number of carboxylic acids is 2. The zero-order chi connectivity index (χ0) is 27.9. The van der Waals surface area contributed by atoms with Gasteiger partial charge in [-0.05, 0) is 49.6 Å². The molecule has 3 radical (unpaired) electrons. The minimum Gasteiger partial charge on any atom is -0.507 e. The highest BCUT2D eigenvalue weighted by molar-refractivity contribution is 6.02. The van der Waals surface area contributed by atoms with E-state index in [1.807, 2.05) is 86.6 Å². The van der Waals surface area contributed by atoms with Crippen LogP contribution in [0.2, 0.25) is 0 Å². The molecule has 7 nitrogen and oxygen atoms in total. The third kappa shape index (κ3) is 7.00. The van der Waals surface area contributed by atoms with Crippen molar-refractivity contribution in [2.45, 2.75) is 13.8 Å². The third-order valence-corrected chi connectivity index (χ3v) is 5.95. The van der Waals surface area contributed by atoms with Gasteiger partial charge in [0.15, 0.2) is 0 Å². The Kier molecular flexibility index (Phi) is 9.93. The van der Waals surface area contributed by atoms with Crippen molar-refractivity contribution >= 4 is 61.9 Å². The molecular formula is C32H26AlN2O5. The average Bonchev–Trinajstić information content (AvgIpc) is 2.93.